The van der Waals surface area contributed by atoms with Crippen LogP contribution < -0.4 is 0 Å². The molecular weight excluding hydrogens is 496 g/mol. The second-order valence-corrected chi connectivity index (χ2v) is 13.0. The van der Waals surface area contributed by atoms with Crippen LogP contribution in [0.4, 0.5) is 0 Å². The second kappa shape index (κ2) is 26.1. The smallest absolute Gasteiger partial charge is 0.0965 e. The van der Waals surface area contributed by atoms with Crippen LogP contribution in [-0.2, 0) is 6.42 Å². The maximum atomic E-state index is 4.75. The first-order valence-electron chi connectivity index (χ1n) is 18.3. The van der Waals surface area contributed by atoms with E-state index >= 15 is 0 Å². The minimum Gasteiger partial charge on any atom is -0.0965 e. The number of hydrogen-bond donors (Lipinski definition) is 0. The van der Waals surface area contributed by atoms with Crippen LogP contribution in [0.15, 0.2) is 40.3 Å². The molecule has 0 radical (unpaired) electrons. The van der Waals surface area contributed by atoms with Gasteiger partial charge in [0.2, 0.25) is 6.17 Å². The highest BCUT2D eigenvalue weighted by molar-refractivity contribution is 6.18. The Bertz CT molecular complexity index is 727. The molecule has 0 bridgehead atoms. The Kier molecular flexibility index (Phi) is 22.7. The molecular formula is C39H67N2+. The Morgan fingerprint density at radius 2 is 0.878 bits per heavy atom. The Morgan fingerprint density at radius 3 is 1.32 bits per heavy atom. The largest absolute Gasteiger partial charge is 0.244 e. The third kappa shape index (κ3) is 18.6. The normalized spacial score (nSPS) is 14.2. The topological polar surface area (TPSA) is 24.7 Å². The van der Waals surface area contributed by atoms with Crippen molar-refractivity contribution in [3.05, 3.63) is 42.1 Å². The summed E-state index contributed by atoms with van der Waals surface area (Å²) in [5, 5.41) is 0. The molecule has 0 aromatic heterocycles. The molecule has 1 aliphatic heterocycles. The van der Waals surface area contributed by atoms with E-state index < -0.39 is 0 Å². The maximum absolute atomic E-state index is 4.75. The van der Waals surface area contributed by atoms with Gasteiger partial charge in [0.25, 0.3) is 0 Å². The van der Waals surface area contributed by atoms with Crippen LogP contribution in [-0.4, -0.2) is 12.4 Å². The number of aliphatic imine (C=N–C) groups is 2. The highest BCUT2D eigenvalue weighted by Gasteiger charge is 2.35. The van der Waals surface area contributed by atoms with Gasteiger partial charge in [-0.3, -0.25) is 0 Å². The molecule has 2 atom stereocenters. The molecule has 1 aromatic rings. The Balaban J connectivity index is 1.72. The van der Waals surface area contributed by atoms with Crippen LogP contribution in [0.1, 0.15) is 180 Å². The van der Waals surface area contributed by atoms with Crippen LogP contribution >= 0.6 is 0 Å². The van der Waals surface area contributed by atoms with Gasteiger partial charge in [-0.15, -0.1) is 0 Å². The van der Waals surface area contributed by atoms with E-state index in [2.05, 4.69) is 44.2 Å². The van der Waals surface area contributed by atoms with E-state index in [0.717, 1.165) is 12.6 Å². The molecule has 0 fully saturated rings. The summed E-state index contributed by atoms with van der Waals surface area (Å²) < 4.78 is 0. The van der Waals surface area contributed by atoms with Crippen LogP contribution in [0.3, 0.4) is 0 Å². The number of hydrogen-bond acceptors (Lipinski definition) is 2. The zero-order valence-electron chi connectivity index (χ0n) is 27.5. The third-order valence-electron chi connectivity index (χ3n) is 9.27. The maximum Gasteiger partial charge on any atom is 0.244 e. The average molecular weight is 564 g/mol. The molecule has 1 aliphatic rings. The zero-order valence-corrected chi connectivity index (χ0v) is 27.5. The first kappa shape index (κ1) is 35.6. The molecule has 0 saturated carbocycles. The Hall–Kier alpha value is -1.57. The van der Waals surface area contributed by atoms with Gasteiger partial charge in [0.15, 0.2) is 12.4 Å². The number of nitrogens with zero attached hydrogens (tertiary/aromatic N) is 2. The fraction of sp³-hybridized carbons (Fsp3) is 0.769. The monoisotopic (exact) mass is 564 g/mol. The fourth-order valence-electron chi connectivity index (χ4n) is 6.66. The van der Waals surface area contributed by atoms with Gasteiger partial charge in [-0.1, -0.05) is 202 Å². The second-order valence-electron chi connectivity index (χ2n) is 13.0. The highest BCUT2D eigenvalue weighted by atomic mass is 15.0. The standard InChI is InChI=1S/C39H67N2/c1-3-5-7-9-11-13-15-17-18-20-22-27-31-37(35-36-29-25-24-26-30-36)38(39-40-33-34-41-39)32-28-23-21-19-16-14-12-10-8-6-4-2/h24-26,29-30,33-34,37-38H,3-23,27-28,31-32,35H2,1-2H3/q+1. The van der Waals surface area contributed by atoms with Crippen molar-refractivity contribution >= 4 is 12.4 Å². The molecule has 2 unspecified atom stereocenters. The predicted molar refractivity (Wildman–Crippen MR) is 184 cm³/mol. The summed E-state index contributed by atoms with van der Waals surface area (Å²) in [6, 6.07) is 11.2. The molecule has 2 heteroatoms. The minimum atomic E-state index is 0.497. The molecule has 0 aliphatic carbocycles. The SMILES string of the molecule is CCCCCCCCCCCCCCC(Cc1ccccc1)C(CCCCCCCCCCCCC)[C+]1N=CC=N1. The molecule has 1 aromatic carbocycles. The third-order valence-corrected chi connectivity index (χ3v) is 9.27. The van der Waals surface area contributed by atoms with Crippen LogP contribution in [0.25, 0.3) is 0 Å². The number of unbranched alkanes of at least 4 members (excludes halogenated alkanes) is 21. The van der Waals surface area contributed by atoms with Crippen molar-refractivity contribution in [2.24, 2.45) is 21.8 Å². The average Bonchev–Trinajstić information content (AvgIpc) is 3.53. The van der Waals surface area contributed by atoms with Gasteiger partial charge in [-0.05, 0) is 30.7 Å². The fourth-order valence-corrected chi connectivity index (χ4v) is 6.66. The first-order valence-corrected chi connectivity index (χ1v) is 18.3. The summed E-state index contributed by atoms with van der Waals surface area (Å²) in [5.41, 5.74) is 1.48. The predicted octanol–water partition coefficient (Wildman–Crippen LogP) is 12.9. The van der Waals surface area contributed by atoms with E-state index in [1.54, 1.807) is 0 Å². The summed E-state index contributed by atoms with van der Waals surface area (Å²) in [5.74, 6) is 1.14. The van der Waals surface area contributed by atoms with E-state index in [1.165, 1.54) is 166 Å². The molecule has 2 nitrogen and oxygen atoms in total. The van der Waals surface area contributed by atoms with Gasteiger partial charge >= 0.3 is 0 Å². The molecule has 1 heterocycles. The number of benzene rings is 1. The summed E-state index contributed by atoms with van der Waals surface area (Å²) in [7, 11) is 0. The van der Waals surface area contributed by atoms with E-state index in [0.29, 0.717) is 11.8 Å². The van der Waals surface area contributed by atoms with Crippen molar-refractivity contribution in [2.45, 2.75) is 181 Å². The quantitative estimate of drug-likeness (QED) is 0.0684. The lowest BCUT2D eigenvalue weighted by atomic mass is 9.78. The molecule has 0 saturated heterocycles. The summed E-state index contributed by atoms with van der Waals surface area (Å²) in [4.78, 5) is 9.50. The van der Waals surface area contributed by atoms with Gasteiger partial charge in [0.1, 0.15) is 0 Å². The van der Waals surface area contributed by atoms with E-state index in [9.17, 15) is 0 Å². The van der Waals surface area contributed by atoms with Crippen molar-refractivity contribution < 1.29 is 0 Å². The van der Waals surface area contributed by atoms with Crippen LogP contribution in [0.2, 0.25) is 0 Å². The lowest BCUT2D eigenvalue weighted by molar-refractivity contribution is 0.284. The lowest BCUT2D eigenvalue weighted by Crippen LogP contribution is -2.22. The van der Waals surface area contributed by atoms with Gasteiger partial charge in [0, 0.05) is 0 Å². The summed E-state index contributed by atoms with van der Waals surface area (Å²) >= 11 is 0. The van der Waals surface area contributed by atoms with E-state index in [1.807, 2.05) is 12.4 Å². The Labute approximate surface area is 256 Å². The molecule has 0 amide bonds. The van der Waals surface area contributed by atoms with Crippen LogP contribution in [0.5, 0.6) is 0 Å². The Morgan fingerprint density at radius 1 is 0.488 bits per heavy atom. The van der Waals surface area contributed by atoms with Gasteiger partial charge in [-0.2, -0.15) is 0 Å². The molecule has 0 N–H and O–H groups in total. The van der Waals surface area contributed by atoms with Gasteiger partial charge in [0.05, 0.1) is 5.92 Å². The van der Waals surface area contributed by atoms with Crippen molar-refractivity contribution in [1.29, 1.82) is 0 Å². The van der Waals surface area contributed by atoms with Gasteiger partial charge < -0.3 is 0 Å². The minimum absolute atomic E-state index is 0.497. The summed E-state index contributed by atoms with van der Waals surface area (Å²) in [6.45, 7) is 4.61. The number of rotatable bonds is 29. The molecule has 41 heavy (non-hydrogen) atoms. The highest BCUT2D eigenvalue weighted by Crippen LogP contribution is 2.37. The molecule has 0 spiro atoms. The first-order chi connectivity index (χ1) is 20.3. The zero-order chi connectivity index (χ0) is 29.1. The molecule has 2 rings (SSSR count). The van der Waals surface area contributed by atoms with Crippen molar-refractivity contribution in [3.8, 4) is 0 Å². The van der Waals surface area contributed by atoms with Crippen molar-refractivity contribution in [2.75, 3.05) is 0 Å². The van der Waals surface area contributed by atoms with Gasteiger partial charge in [-0.25, -0.2) is 0 Å². The van der Waals surface area contributed by atoms with E-state index in [-0.39, 0.29) is 0 Å². The van der Waals surface area contributed by atoms with E-state index in [4.69, 9.17) is 9.98 Å². The van der Waals surface area contributed by atoms with Crippen LogP contribution in [0, 0.1) is 18.0 Å². The van der Waals surface area contributed by atoms with Crippen molar-refractivity contribution in [3.63, 3.8) is 0 Å². The summed E-state index contributed by atoms with van der Waals surface area (Å²) in [6.07, 6.45) is 41.1. The lowest BCUT2D eigenvalue weighted by Gasteiger charge is -2.26. The molecule has 232 valence electrons. The van der Waals surface area contributed by atoms with Crippen molar-refractivity contribution in [1.82, 2.24) is 0 Å².